The summed E-state index contributed by atoms with van der Waals surface area (Å²) >= 11 is 0. The van der Waals surface area contributed by atoms with Crippen LogP contribution in [-0.4, -0.2) is 24.9 Å². The van der Waals surface area contributed by atoms with Crippen molar-refractivity contribution in [3.63, 3.8) is 0 Å². The van der Waals surface area contributed by atoms with Crippen LogP contribution in [0.15, 0.2) is 0 Å². The Morgan fingerprint density at radius 3 is 2.00 bits per heavy atom. The second-order valence-corrected chi connectivity index (χ2v) is 3.97. The summed E-state index contributed by atoms with van der Waals surface area (Å²) in [5, 5.41) is 0. The van der Waals surface area contributed by atoms with Crippen LogP contribution in [0, 0.1) is 0 Å². The lowest BCUT2D eigenvalue weighted by molar-refractivity contribution is 0.0527. The molecule has 1 rings (SSSR count). The van der Waals surface area contributed by atoms with E-state index in [1.165, 1.54) is 12.8 Å². The number of nitrogens with one attached hydrogen (secondary N) is 1. The number of nitrogens with two attached hydrogens (primary N) is 1. The van der Waals surface area contributed by atoms with Gasteiger partial charge in [-0.2, -0.15) is 0 Å². The van der Waals surface area contributed by atoms with Crippen molar-refractivity contribution in [3.8, 4) is 0 Å². The van der Waals surface area contributed by atoms with Gasteiger partial charge in [-0.1, -0.05) is 0 Å². The van der Waals surface area contributed by atoms with E-state index in [0.29, 0.717) is 0 Å². The lowest BCUT2D eigenvalue weighted by Crippen LogP contribution is -2.36. The van der Waals surface area contributed by atoms with E-state index in [0.717, 1.165) is 13.2 Å². The maximum absolute atomic E-state index is 10.4. The molecular formula is C9H20N2O3. The first kappa shape index (κ1) is 13.2. The fourth-order valence-corrected chi connectivity index (χ4v) is 0.818. The van der Waals surface area contributed by atoms with Crippen molar-refractivity contribution in [1.82, 2.24) is 5.43 Å². The molecule has 0 bridgehead atoms. The molecule has 0 saturated carbocycles. The smallest absolute Gasteiger partial charge is 0.421 e. The zero-order valence-electron chi connectivity index (χ0n) is 9.13. The van der Waals surface area contributed by atoms with E-state index in [4.69, 9.17) is 15.3 Å². The third kappa shape index (κ3) is 9.28. The van der Waals surface area contributed by atoms with Crippen molar-refractivity contribution in [3.05, 3.63) is 0 Å². The molecule has 0 atom stereocenters. The average molecular weight is 204 g/mol. The highest BCUT2D eigenvalue weighted by atomic mass is 16.6. The third-order valence-corrected chi connectivity index (χ3v) is 1.34. The highest BCUT2D eigenvalue weighted by Crippen LogP contribution is 2.05. The van der Waals surface area contributed by atoms with Crippen LogP contribution in [-0.2, 0) is 9.47 Å². The highest BCUT2D eigenvalue weighted by Gasteiger charge is 2.14. The molecule has 0 aromatic rings. The van der Waals surface area contributed by atoms with Crippen LogP contribution >= 0.6 is 0 Å². The van der Waals surface area contributed by atoms with E-state index in [-0.39, 0.29) is 0 Å². The third-order valence-electron chi connectivity index (χ3n) is 1.34. The first-order chi connectivity index (χ1) is 6.45. The maximum atomic E-state index is 10.4. The van der Waals surface area contributed by atoms with Gasteiger partial charge in [0, 0.05) is 13.2 Å². The van der Waals surface area contributed by atoms with E-state index in [2.05, 4.69) is 0 Å². The van der Waals surface area contributed by atoms with Gasteiger partial charge in [0.25, 0.3) is 0 Å². The lowest BCUT2D eigenvalue weighted by atomic mass is 10.2. The monoisotopic (exact) mass is 204 g/mol. The molecule has 5 heteroatoms. The Balaban J connectivity index is 0.000000280. The van der Waals surface area contributed by atoms with Gasteiger partial charge in [-0.25, -0.2) is 10.6 Å². The molecule has 1 aliphatic rings. The van der Waals surface area contributed by atoms with Crippen LogP contribution in [0.3, 0.4) is 0 Å². The molecular weight excluding hydrogens is 184 g/mol. The van der Waals surface area contributed by atoms with Crippen LogP contribution in [0.4, 0.5) is 4.79 Å². The number of carbonyl (C=O) groups is 1. The molecule has 14 heavy (non-hydrogen) atoms. The van der Waals surface area contributed by atoms with Gasteiger partial charge in [-0.05, 0) is 33.6 Å². The van der Waals surface area contributed by atoms with Gasteiger partial charge in [0.2, 0.25) is 0 Å². The number of amides is 1. The van der Waals surface area contributed by atoms with Crippen molar-refractivity contribution >= 4 is 6.09 Å². The molecule has 0 radical (unpaired) electrons. The number of hydrogen-bond donors (Lipinski definition) is 2. The highest BCUT2D eigenvalue weighted by molar-refractivity contribution is 5.66. The molecule has 0 aromatic heterocycles. The molecule has 5 nitrogen and oxygen atoms in total. The van der Waals surface area contributed by atoms with Gasteiger partial charge in [0.05, 0.1) is 0 Å². The van der Waals surface area contributed by atoms with Crippen LogP contribution in [0.25, 0.3) is 0 Å². The molecule has 1 amide bonds. The Bertz CT molecular complexity index is 154. The van der Waals surface area contributed by atoms with Gasteiger partial charge in [0.1, 0.15) is 5.60 Å². The van der Waals surface area contributed by atoms with Crippen molar-refractivity contribution < 1.29 is 14.3 Å². The first-order valence-corrected chi connectivity index (χ1v) is 4.73. The van der Waals surface area contributed by atoms with E-state index < -0.39 is 11.7 Å². The predicted octanol–water partition coefficient (Wildman–Crippen LogP) is 1.18. The van der Waals surface area contributed by atoms with Crippen LogP contribution < -0.4 is 11.3 Å². The molecule has 84 valence electrons. The Morgan fingerprint density at radius 2 is 1.86 bits per heavy atom. The fourth-order valence-electron chi connectivity index (χ4n) is 0.818. The van der Waals surface area contributed by atoms with Gasteiger partial charge >= 0.3 is 6.09 Å². The summed E-state index contributed by atoms with van der Waals surface area (Å²) in [6.45, 7) is 7.30. The van der Waals surface area contributed by atoms with Crippen LogP contribution in [0.5, 0.6) is 0 Å². The maximum Gasteiger partial charge on any atom is 0.421 e. The number of carbonyl (C=O) groups excluding carboxylic acids is 1. The fraction of sp³-hybridized carbons (Fsp3) is 0.889. The average Bonchev–Trinajstić information content (AvgIpc) is 2.57. The molecule has 0 aliphatic carbocycles. The second-order valence-electron chi connectivity index (χ2n) is 3.97. The van der Waals surface area contributed by atoms with Crippen LogP contribution in [0.2, 0.25) is 0 Å². The first-order valence-electron chi connectivity index (χ1n) is 4.73. The topological polar surface area (TPSA) is 73.6 Å². The summed E-state index contributed by atoms with van der Waals surface area (Å²) in [5.41, 5.74) is 1.39. The normalized spacial score (nSPS) is 15.4. The molecule has 1 heterocycles. The van der Waals surface area contributed by atoms with E-state index in [1.807, 2.05) is 5.43 Å². The molecule has 1 fully saturated rings. The van der Waals surface area contributed by atoms with Crippen molar-refractivity contribution in [2.45, 2.75) is 39.2 Å². The van der Waals surface area contributed by atoms with Crippen molar-refractivity contribution in [1.29, 1.82) is 0 Å². The van der Waals surface area contributed by atoms with Gasteiger partial charge in [-0.3, -0.25) is 5.43 Å². The Morgan fingerprint density at radius 1 is 1.36 bits per heavy atom. The molecule has 3 N–H and O–H groups in total. The molecule has 0 spiro atoms. The largest absolute Gasteiger partial charge is 0.443 e. The van der Waals surface area contributed by atoms with Crippen molar-refractivity contribution in [2.24, 2.45) is 5.84 Å². The Hall–Kier alpha value is -0.810. The van der Waals surface area contributed by atoms with Gasteiger partial charge in [-0.15, -0.1) is 0 Å². The van der Waals surface area contributed by atoms with E-state index >= 15 is 0 Å². The zero-order valence-corrected chi connectivity index (χ0v) is 9.13. The van der Waals surface area contributed by atoms with E-state index in [9.17, 15) is 4.79 Å². The minimum Gasteiger partial charge on any atom is -0.443 e. The zero-order chi connectivity index (χ0) is 11.0. The summed E-state index contributed by atoms with van der Waals surface area (Å²) < 4.78 is 9.66. The molecule has 1 saturated heterocycles. The number of rotatable bonds is 0. The second kappa shape index (κ2) is 6.62. The predicted molar refractivity (Wildman–Crippen MR) is 53.6 cm³/mol. The summed E-state index contributed by atoms with van der Waals surface area (Å²) in [4.78, 5) is 10.4. The molecule has 1 aliphatic heterocycles. The van der Waals surface area contributed by atoms with Gasteiger partial charge < -0.3 is 9.47 Å². The molecule has 0 aromatic carbocycles. The van der Waals surface area contributed by atoms with E-state index in [1.54, 1.807) is 20.8 Å². The summed E-state index contributed by atoms with van der Waals surface area (Å²) in [6, 6.07) is 0. The standard InChI is InChI=1S/C5H12N2O2.C4H8O/c1-5(2,3)9-4(8)7-6;1-2-4-5-3-1/h6H2,1-3H3,(H,7,8);1-4H2. The summed E-state index contributed by atoms with van der Waals surface area (Å²) in [7, 11) is 0. The van der Waals surface area contributed by atoms with Crippen molar-refractivity contribution in [2.75, 3.05) is 13.2 Å². The Labute approximate surface area is 84.9 Å². The number of ether oxygens (including phenoxy) is 2. The van der Waals surface area contributed by atoms with Gasteiger partial charge in [0.15, 0.2) is 0 Å². The Kier molecular flexibility index (Phi) is 6.23. The van der Waals surface area contributed by atoms with Crippen LogP contribution in [0.1, 0.15) is 33.6 Å². The molecule has 0 unspecified atom stereocenters. The minimum absolute atomic E-state index is 0.469. The quantitative estimate of drug-likeness (QED) is 0.353. The lowest BCUT2D eigenvalue weighted by Gasteiger charge is -2.18. The number of hydrazine groups is 1. The SMILES string of the molecule is C1CCOC1.CC(C)(C)OC(=O)NN. The number of hydrogen-bond acceptors (Lipinski definition) is 4. The summed E-state index contributed by atoms with van der Waals surface area (Å²) in [6.07, 6.45) is 1.95. The minimum atomic E-state index is -0.609. The summed E-state index contributed by atoms with van der Waals surface area (Å²) in [5.74, 6) is 4.75.